The molecule has 7 heterocycles. The third-order valence-corrected chi connectivity index (χ3v) is 25.0. The maximum Gasteiger partial charge on any atom is 0.295 e. The Balaban J connectivity index is 0.000000155. The lowest BCUT2D eigenvalue weighted by Gasteiger charge is -2.17. The number of rotatable bonds is 34. The molecule has 0 fully saturated rings. The minimum absolute atomic E-state index is 0. The minimum atomic E-state index is -4.60. The molecule has 37 heteroatoms. The Labute approximate surface area is 807 Å². The number of non-ortho nitro benzene ring substituents is 3. The molecule has 0 saturated carbocycles. The highest BCUT2D eigenvalue weighted by molar-refractivity contribution is 7.87. The van der Waals surface area contributed by atoms with Gasteiger partial charge in [-0.25, -0.2) is 48.3 Å². The molecule has 0 unspecified atom stereocenters. The Bertz CT molecular complexity index is 6930. The number of benzene rings is 11. The molecule has 0 bridgehead atoms. The summed E-state index contributed by atoms with van der Waals surface area (Å²) in [5.41, 5.74) is 16.1. The molecule has 0 aliphatic carbocycles. The second-order valence-corrected chi connectivity index (χ2v) is 34.8. The average molecular weight is 1950 g/mol. The number of aliphatic hydroxyl groups excluding tert-OH is 3. The van der Waals surface area contributed by atoms with E-state index in [0.29, 0.717) is 61.0 Å². The van der Waals surface area contributed by atoms with Crippen LogP contribution in [-0.2, 0) is 55.8 Å². The quantitative estimate of drug-likeness (QED) is 0.00610. The zero-order chi connectivity index (χ0) is 94.0. The summed E-state index contributed by atoms with van der Waals surface area (Å²) in [4.78, 5) is 68.3. The predicted molar refractivity (Wildman–Crippen MR) is 537 cm³/mol. The number of aromatic nitrogens is 7. The number of hydrogen-bond donors (Lipinski definition) is 8. The van der Waals surface area contributed by atoms with Gasteiger partial charge >= 0.3 is 0 Å². The van der Waals surface area contributed by atoms with Gasteiger partial charge in [0, 0.05) is 109 Å². The van der Waals surface area contributed by atoms with Gasteiger partial charge in [-0.1, -0.05) is 232 Å². The van der Waals surface area contributed by atoms with Crippen LogP contribution in [0.1, 0.15) is 93.3 Å². The van der Waals surface area contributed by atoms with Gasteiger partial charge in [-0.05, 0) is 101 Å². The molecule has 0 spiro atoms. The first kappa shape index (κ1) is 99.0. The number of oxazole rings is 3. The monoisotopic (exact) mass is 1940 g/mol. The van der Waals surface area contributed by atoms with Gasteiger partial charge in [0.15, 0.2) is 27.6 Å². The van der Waals surface area contributed by atoms with Crippen LogP contribution in [0, 0.1) is 30.3 Å². The van der Waals surface area contributed by atoms with Gasteiger partial charge in [0.1, 0.15) is 26.1 Å². The first-order chi connectivity index (χ1) is 65.7. The molecule has 0 aliphatic heterocycles. The van der Waals surface area contributed by atoms with Crippen molar-refractivity contribution in [1.29, 1.82) is 0 Å². The second kappa shape index (κ2) is 47.9. The van der Waals surface area contributed by atoms with Crippen LogP contribution in [0.25, 0.3) is 76.3 Å². The Kier molecular flexibility index (Phi) is 34.6. The maximum atomic E-state index is 11.0. The Morgan fingerprint density at radius 2 is 0.642 bits per heavy atom. The molecular formula is C100H88N16O15S6. The largest absolute Gasteiger partial charge is 0.731 e. The highest BCUT2D eigenvalue weighted by Gasteiger charge is 2.26. The highest BCUT2D eigenvalue weighted by atomic mass is 32.2. The average Bonchev–Trinajstić information content (AvgIpc) is 1.69. The third-order valence-electron chi connectivity index (χ3n) is 20.8. The predicted octanol–water partition coefficient (Wildman–Crippen LogP) is 23.9. The summed E-state index contributed by atoms with van der Waals surface area (Å²) in [5.74, 6) is 1.70. The summed E-state index contributed by atoms with van der Waals surface area (Å²) in [6.07, 6.45) is 6.98. The number of aliphatic imine (C=N–C) groups is 1. The van der Waals surface area contributed by atoms with E-state index in [1.54, 1.807) is 101 Å². The summed E-state index contributed by atoms with van der Waals surface area (Å²) in [7, 11) is -4.60. The van der Waals surface area contributed by atoms with Crippen molar-refractivity contribution in [2.75, 3.05) is 20.7 Å². The molecule has 0 saturated heterocycles. The Morgan fingerprint density at radius 1 is 0.372 bits per heavy atom. The van der Waals surface area contributed by atoms with E-state index in [1.807, 2.05) is 220 Å². The molecule has 4 atom stereocenters. The summed E-state index contributed by atoms with van der Waals surface area (Å²) >= 11 is 10.9. The van der Waals surface area contributed by atoms with Crippen LogP contribution in [0.5, 0.6) is 0 Å². The van der Waals surface area contributed by atoms with Gasteiger partial charge in [-0.2, -0.15) is 0 Å². The zero-order valence-corrected chi connectivity index (χ0v) is 77.0. The van der Waals surface area contributed by atoms with Crippen molar-refractivity contribution in [3.05, 3.63) is 423 Å². The normalized spacial score (nSPS) is 11.7. The van der Waals surface area contributed by atoms with E-state index in [-0.39, 0.29) is 80.3 Å². The lowest BCUT2D eigenvalue weighted by atomic mass is 10.0. The maximum absolute atomic E-state index is 11.0. The number of nitro groups is 3. The number of nitrogens with zero attached hydrogens (tertiary/aromatic N) is 11. The smallest absolute Gasteiger partial charge is 0.295 e. The first-order valence-corrected chi connectivity index (χ1v) is 47.0. The van der Waals surface area contributed by atoms with Crippen LogP contribution in [0.2, 0.25) is 0 Å². The summed E-state index contributed by atoms with van der Waals surface area (Å²) < 4.78 is 52.9. The number of nitro benzene ring substituents is 3. The second-order valence-electron chi connectivity index (χ2n) is 30.1. The van der Waals surface area contributed by atoms with Crippen molar-refractivity contribution in [3.63, 3.8) is 0 Å². The van der Waals surface area contributed by atoms with Gasteiger partial charge in [-0.3, -0.25) is 35.1 Å². The molecule has 11 N–H and O–H groups in total. The van der Waals surface area contributed by atoms with E-state index in [4.69, 9.17) is 40.4 Å². The van der Waals surface area contributed by atoms with Crippen LogP contribution < -0.4 is 26.8 Å². The number of thiazole rings is 4. The molecule has 0 aliphatic rings. The van der Waals surface area contributed by atoms with Crippen LogP contribution in [0.4, 0.5) is 40.8 Å². The molecule has 7 aromatic heterocycles. The standard InChI is InChI=1S/C27H24N4O5S2.2C27H22N4O4S.C18H13N3O2S2.CH4.H3N/c32-16-19-5-4-8-21(13-19)25-15-28-27(36-25)30-23(14-18-9-11-22(12-10-18)31-38(33,34)35)24-17-37-26(29-24)20-6-2-1-3-7-20;2*32-16-19-5-4-8-21(13-19)25-15-28-27(35-25)30-23(14-18-9-11-22(12-10-18)31(33)34)24-17-36-26(29-24)20-6-2-1-3-7-20;22-21(23)15-8-6-13(7-9-15)10-16(19-12-24)17-11-25-18(20-17)14-4-2-1-3-5-14;;/h1-13,15,17,23,31-32H,14,16H2,(H,28,30)(H,33,34,35);2*1-13,15,17,23,32H,14,16H2,(H,28,30);1-9,11,16H,10H2;1H4;1H3/t3*23-;16-;;/m0000../s1. The van der Waals surface area contributed by atoms with E-state index in [0.717, 1.165) is 121 Å². The fraction of sp³-hybridized carbons (Fsp3) is 0.120. The van der Waals surface area contributed by atoms with Gasteiger partial charge in [0.05, 0.1) is 99.2 Å². The lowest BCUT2D eigenvalue weighted by molar-refractivity contribution is -0.385. The summed E-state index contributed by atoms with van der Waals surface area (Å²) in [6, 6.07) is 87.8. The summed E-state index contributed by atoms with van der Waals surface area (Å²) in [6.45, 7) is -0.187. The van der Waals surface area contributed by atoms with E-state index >= 15 is 0 Å². The van der Waals surface area contributed by atoms with E-state index in [9.17, 15) is 58.6 Å². The minimum Gasteiger partial charge on any atom is -0.731 e. The van der Waals surface area contributed by atoms with E-state index < -0.39 is 25.1 Å². The van der Waals surface area contributed by atoms with Crippen LogP contribution in [0.3, 0.4) is 0 Å². The topological polar surface area (TPSA) is 474 Å². The van der Waals surface area contributed by atoms with E-state index in [2.05, 4.69) is 46.0 Å². The lowest BCUT2D eigenvalue weighted by Crippen LogP contribution is -2.15. The van der Waals surface area contributed by atoms with Crippen molar-refractivity contribution in [1.82, 2.24) is 41.0 Å². The van der Waals surface area contributed by atoms with Crippen molar-refractivity contribution < 1.29 is 56.3 Å². The third kappa shape index (κ3) is 27.6. The number of anilines is 4. The Morgan fingerprint density at radius 3 is 0.920 bits per heavy atom. The number of isothiocyanates is 1. The number of quaternary nitrogens is 1. The number of nitrogens with one attached hydrogen (secondary N) is 4. The van der Waals surface area contributed by atoms with E-state index in [1.165, 1.54) is 59.9 Å². The van der Waals surface area contributed by atoms with Gasteiger partial charge in [0.2, 0.25) is 0 Å². The SMILES string of the molecule is C.O=S(=O)([O-])Nc1ccc(C[C@H](Nc2ncc(-c3cccc(CO)c3)o2)c2csc(-c3ccccc3)n2)cc1.O=[N+]([O-])c1ccc(C[C@H](N=C=S)c2csc(-c3ccccc3)n2)cc1.O=[N+]([O-])c1ccc(C[C@H](Nc2ncc(-c3cccc(CO)c3)o2)c2csc(-c3ccccc3)n2)cc1.O=[N+]([O-])c1ccc(C[C@H](Nc2ncc(-c3cccc(CO)c3)o2)c2csc(-c3ccccc3)n2)cc1.[NH4+]. The Hall–Kier alpha value is -15.5. The number of hydrogen-bond acceptors (Lipinski definition) is 31. The van der Waals surface area contributed by atoms with Crippen LogP contribution in [0.15, 0.2) is 350 Å². The first-order valence-electron chi connectivity index (χ1n) is 41.6. The molecule has 18 rings (SSSR count). The van der Waals surface area contributed by atoms with Crippen molar-refractivity contribution in [2.45, 2.75) is 77.1 Å². The number of aliphatic hydroxyl groups is 3. The van der Waals surface area contributed by atoms with Gasteiger partial charge < -0.3 is 55.2 Å². The molecule has 137 heavy (non-hydrogen) atoms. The molecular weight excluding hydrogens is 1860 g/mol. The molecule has 11 aromatic carbocycles. The molecule has 0 radical (unpaired) electrons. The van der Waals surface area contributed by atoms with Crippen molar-refractivity contribution in [3.8, 4) is 76.3 Å². The summed E-state index contributed by atoms with van der Waals surface area (Å²) in [5, 5.41) is 85.1. The van der Waals surface area contributed by atoms with Crippen LogP contribution in [-0.4, -0.2) is 83.1 Å². The van der Waals surface area contributed by atoms with Crippen LogP contribution >= 0.6 is 57.6 Å². The molecule has 31 nitrogen and oxygen atoms in total. The molecule has 694 valence electrons. The van der Waals surface area contributed by atoms with Gasteiger partial charge in [-0.15, -0.1) is 45.3 Å². The fourth-order valence-electron chi connectivity index (χ4n) is 14.0. The van der Waals surface area contributed by atoms with Crippen molar-refractivity contribution in [2.24, 2.45) is 4.99 Å². The highest BCUT2D eigenvalue weighted by Crippen LogP contribution is 2.38. The zero-order valence-electron chi connectivity index (χ0n) is 72.1. The fourth-order valence-corrected chi connectivity index (χ4v) is 18.0. The molecule has 18 aromatic rings. The number of thiocarbonyl (C=S) groups is 1. The van der Waals surface area contributed by atoms with Crippen molar-refractivity contribution >= 4 is 114 Å². The van der Waals surface area contributed by atoms with Gasteiger partial charge in [0.25, 0.3) is 35.1 Å². The molecule has 0 amide bonds.